The van der Waals surface area contributed by atoms with Crippen LogP contribution in [0.25, 0.3) is 0 Å². The molecular weight excluding hydrogens is 451 g/mol. The van der Waals surface area contributed by atoms with Crippen molar-refractivity contribution < 1.29 is 23.5 Å². The second-order valence-electron chi connectivity index (χ2n) is 10.1. The van der Waals surface area contributed by atoms with Gasteiger partial charge in [-0.2, -0.15) is 0 Å². The van der Waals surface area contributed by atoms with E-state index in [4.69, 9.17) is 16.2 Å². The molecule has 0 aromatic heterocycles. The molecule has 1 aromatic rings. The van der Waals surface area contributed by atoms with Gasteiger partial charge in [0.2, 0.25) is 11.8 Å². The minimum absolute atomic E-state index is 0.00870. The number of halogens is 1. The number of carbonyl (C=O) groups is 3. The third kappa shape index (κ3) is 8.00. The molecule has 2 heterocycles. The third-order valence-corrected chi connectivity index (χ3v) is 7.13. The summed E-state index contributed by atoms with van der Waals surface area (Å²) in [7, 11) is 1.90. The molecule has 35 heavy (non-hydrogen) atoms. The molecule has 0 radical (unpaired) electrons. The highest BCUT2D eigenvalue weighted by Gasteiger charge is 2.35. The fourth-order valence-electron chi connectivity index (χ4n) is 4.47. The van der Waals surface area contributed by atoms with Crippen LogP contribution in [0.2, 0.25) is 0 Å². The van der Waals surface area contributed by atoms with E-state index in [0.29, 0.717) is 19.3 Å². The maximum absolute atomic E-state index is 12.8. The van der Waals surface area contributed by atoms with Crippen molar-refractivity contribution in [2.45, 2.75) is 77.4 Å². The van der Waals surface area contributed by atoms with Gasteiger partial charge in [0.1, 0.15) is 17.9 Å². The summed E-state index contributed by atoms with van der Waals surface area (Å²) in [6, 6.07) is 4.02. The van der Waals surface area contributed by atoms with Crippen LogP contribution in [0.1, 0.15) is 58.4 Å². The van der Waals surface area contributed by atoms with E-state index in [1.54, 1.807) is 11.0 Å². The lowest BCUT2D eigenvalue weighted by Crippen LogP contribution is -2.48. The number of hydrogen-bond acceptors (Lipinski definition) is 6. The summed E-state index contributed by atoms with van der Waals surface area (Å²) in [5, 5.41) is 0. The summed E-state index contributed by atoms with van der Waals surface area (Å²) in [5.41, 5.74) is 11.8. The predicted molar refractivity (Wildman–Crippen MR) is 133 cm³/mol. The molecule has 8 nitrogen and oxygen atoms in total. The number of amides is 2. The Morgan fingerprint density at radius 3 is 2.66 bits per heavy atom. The number of likely N-dealkylation sites (N-methyl/N-ethyl adjacent to an activating group) is 1. The van der Waals surface area contributed by atoms with Gasteiger partial charge in [0.25, 0.3) is 0 Å². The number of rotatable bonds is 9. The van der Waals surface area contributed by atoms with Crippen LogP contribution in [0.3, 0.4) is 0 Å². The smallest absolute Gasteiger partial charge is 0.234 e. The maximum atomic E-state index is 12.8. The first-order chi connectivity index (χ1) is 16.5. The third-order valence-electron chi connectivity index (χ3n) is 7.13. The van der Waals surface area contributed by atoms with Crippen LogP contribution in [0.5, 0.6) is 5.75 Å². The molecule has 9 heteroatoms. The monoisotopic (exact) mass is 492 g/mol. The molecule has 4 N–H and O–H groups in total. The number of primary amides is 1. The van der Waals surface area contributed by atoms with Gasteiger partial charge >= 0.3 is 0 Å². The quantitative estimate of drug-likeness (QED) is 0.511. The number of nitrogens with zero attached hydrogens (tertiary/aromatic N) is 2. The molecule has 2 aliphatic rings. The molecule has 1 fully saturated rings. The first-order valence-electron chi connectivity index (χ1n) is 12.4. The highest BCUT2D eigenvalue weighted by Crippen LogP contribution is 2.27. The molecule has 0 saturated carbocycles. The topological polar surface area (TPSA) is 119 Å². The van der Waals surface area contributed by atoms with E-state index in [-0.39, 0.29) is 36.3 Å². The zero-order valence-corrected chi connectivity index (χ0v) is 21.5. The Balaban J connectivity index is 0.000000322. The summed E-state index contributed by atoms with van der Waals surface area (Å²) in [5.74, 6) is 0.208. The average Bonchev–Trinajstić information content (AvgIpc) is 3.21. The van der Waals surface area contributed by atoms with Crippen LogP contribution < -0.4 is 16.2 Å². The Morgan fingerprint density at radius 2 is 2.06 bits per heavy atom. The molecule has 0 spiro atoms. The van der Waals surface area contributed by atoms with Crippen molar-refractivity contribution in [2.75, 3.05) is 26.7 Å². The summed E-state index contributed by atoms with van der Waals surface area (Å²) < 4.78 is 17.9. The van der Waals surface area contributed by atoms with E-state index in [2.05, 4.69) is 0 Å². The maximum Gasteiger partial charge on any atom is 0.234 e. The fourth-order valence-corrected chi connectivity index (χ4v) is 4.47. The molecule has 0 aliphatic carbocycles. The number of carbonyl (C=O) groups excluding carboxylic acids is 3. The van der Waals surface area contributed by atoms with E-state index >= 15 is 0 Å². The molecule has 0 bridgehead atoms. The molecular formula is C26H41FN4O4. The van der Waals surface area contributed by atoms with Gasteiger partial charge < -0.3 is 25.9 Å². The first kappa shape index (κ1) is 28.7. The zero-order chi connectivity index (χ0) is 26.2. The van der Waals surface area contributed by atoms with Gasteiger partial charge in [0.15, 0.2) is 0 Å². The van der Waals surface area contributed by atoms with Crippen LogP contribution in [0.15, 0.2) is 18.2 Å². The summed E-state index contributed by atoms with van der Waals surface area (Å²) in [6.45, 7) is 7.24. The highest BCUT2D eigenvalue weighted by atomic mass is 19.1. The van der Waals surface area contributed by atoms with Gasteiger partial charge in [-0.15, -0.1) is 0 Å². The predicted octanol–water partition coefficient (Wildman–Crippen LogP) is 2.27. The summed E-state index contributed by atoms with van der Waals surface area (Å²) >= 11 is 0. The normalized spacial score (nSPS) is 20.6. The largest absolute Gasteiger partial charge is 0.493 e. The summed E-state index contributed by atoms with van der Waals surface area (Å²) in [6.07, 6.45) is 5.79. The summed E-state index contributed by atoms with van der Waals surface area (Å²) in [4.78, 5) is 38.8. The Morgan fingerprint density at radius 1 is 1.34 bits per heavy atom. The fraction of sp³-hybridized carbons (Fsp3) is 0.654. The van der Waals surface area contributed by atoms with Crippen molar-refractivity contribution in [3.05, 3.63) is 29.6 Å². The molecule has 2 amide bonds. The van der Waals surface area contributed by atoms with Crippen molar-refractivity contribution in [3.63, 3.8) is 0 Å². The molecule has 196 valence electrons. The standard InChI is InChI=1S/C17H32N4O3.C9H9FO/c1-5-17(2,3)16(24)21(10-12(18)11-22)9-8-13-6-7-14(15(19)23)20(13)4;10-8-4-3-7-2-1-5-11-9(7)6-8/h11-14H,5-10,18H2,1-4H3,(H2,19,23);3-4,6H,1-2,5H2. The van der Waals surface area contributed by atoms with E-state index in [1.165, 1.54) is 12.1 Å². The first-order valence-corrected chi connectivity index (χ1v) is 12.4. The van der Waals surface area contributed by atoms with Crippen LogP contribution in [0.4, 0.5) is 4.39 Å². The van der Waals surface area contributed by atoms with Crippen molar-refractivity contribution in [1.82, 2.24) is 9.80 Å². The van der Waals surface area contributed by atoms with Crippen LogP contribution in [-0.2, 0) is 20.8 Å². The Bertz CT molecular complexity index is 879. The molecule has 3 atom stereocenters. The van der Waals surface area contributed by atoms with Gasteiger partial charge in [0.05, 0.1) is 18.7 Å². The number of fused-ring (bicyclic) bond motifs is 1. The number of aldehydes is 1. The lowest BCUT2D eigenvalue weighted by Gasteiger charge is -2.33. The van der Waals surface area contributed by atoms with Crippen LogP contribution >= 0.6 is 0 Å². The number of nitrogens with two attached hydrogens (primary N) is 2. The molecule has 3 rings (SSSR count). The van der Waals surface area contributed by atoms with Gasteiger partial charge in [-0.3, -0.25) is 14.5 Å². The Labute approximate surface area is 208 Å². The van der Waals surface area contributed by atoms with Gasteiger partial charge in [0, 0.05) is 30.6 Å². The van der Waals surface area contributed by atoms with Gasteiger partial charge in [-0.05, 0) is 57.2 Å². The van der Waals surface area contributed by atoms with Gasteiger partial charge in [-0.25, -0.2) is 4.39 Å². The molecule has 3 unspecified atom stereocenters. The second kappa shape index (κ2) is 13.0. The van der Waals surface area contributed by atoms with Crippen LogP contribution in [0, 0.1) is 11.2 Å². The molecule has 2 aliphatic heterocycles. The minimum Gasteiger partial charge on any atom is -0.493 e. The number of aryl methyl sites for hydroxylation is 1. The van der Waals surface area contributed by atoms with E-state index in [9.17, 15) is 18.8 Å². The van der Waals surface area contributed by atoms with Crippen molar-refractivity contribution in [2.24, 2.45) is 16.9 Å². The van der Waals surface area contributed by atoms with E-state index < -0.39 is 11.5 Å². The van der Waals surface area contributed by atoms with Gasteiger partial charge in [-0.1, -0.05) is 26.8 Å². The van der Waals surface area contributed by atoms with E-state index in [1.807, 2.05) is 32.7 Å². The second-order valence-corrected chi connectivity index (χ2v) is 10.1. The zero-order valence-electron chi connectivity index (χ0n) is 21.5. The molecule has 1 aromatic carbocycles. The number of ether oxygens (including phenoxy) is 1. The molecule has 1 saturated heterocycles. The SMILES string of the molecule is CCC(C)(C)C(=O)N(CCC1CCC(C(N)=O)N1C)CC(N)C=O.Fc1ccc2c(c1)OCCC2. The average molecular weight is 493 g/mol. The van der Waals surface area contributed by atoms with Crippen molar-refractivity contribution in [3.8, 4) is 5.75 Å². The van der Waals surface area contributed by atoms with Crippen LogP contribution in [-0.4, -0.2) is 72.8 Å². The number of hydrogen-bond donors (Lipinski definition) is 2. The number of benzene rings is 1. The Hall–Kier alpha value is -2.52. The lowest BCUT2D eigenvalue weighted by molar-refractivity contribution is -0.141. The lowest BCUT2D eigenvalue weighted by atomic mass is 9.88. The van der Waals surface area contributed by atoms with Crippen molar-refractivity contribution >= 4 is 18.1 Å². The minimum atomic E-state index is -0.679. The van der Waals surface area contributed by atoms with E-state index in [0.717, 1.165) is 50.0 Å². The Kier molecular flexibility index (Phi) is 10.6. The van der Waals surface area contributed by atoms with Crippen molar-refractivity contribution in [1.29, 1.82) is 0 Å². The number of likely N-dealkylation sites (tertiary alicyclic amines) is 1. The highest BCUT2D eigenvalue weighted by molar-refractivity contribution is 5.82.